The zero-order chi connectivity index (χ0) is 22.3. The molecule has 32 heavy (non-hydrogen) atoms. The molecule has 7 nitrogen and oxygen atoms in total. The van der Waals surface area contributed by atoms with Crippen molar-refractivity contribution in [1.82, 2.24) is 19.8 Å². The Balaban J connectivity index is 1.36. The van der Waals surface area contributed by atoms with Gasteiger partial charge in [-0.15, -0.1) is 0 Å². The highest BCUT2D eigenvalue weighted by molar-refractivity contribution is 5.85. The number of fused-ring (bicyclic) bond motifs is 1. The maximum absolute atomic E-state index is 13.4. The predicted molar refractivity (Wildman–Crippen MR) is 120 cm³/mol. The summed E-state index contributed by atoms with van der Waals surface area (Å²) >= 11 is 0. The number of benzene rings is 2. The molecule has 0 spiro atoms. The molecule has 0 saturated carbocycles. The van der Waals surface area contributed by atoms with Crippen LogP contribution in [0.5, 0.6) is 5.75 Å². The highest BCUT2D eigenvalue weighted by atomic mass is 19.1. The van der Waals surface area contributed by atoms with E-state index >= 15 is 0 Å². The van der Waals surface area contributed by atoms with Crippen molar-refractivity contribution >= 4 is 12.0 Å². The van der Waals surface area contributed by atoms with E-state index in [0.717, 1.165) is 34.2 Å². The molecule has 3 aromatic rings. The Kier molecular flexibility index (Phi) is 4.84. The highest BCUT2D eigenvalue weighted by Gasteiger charge is 2.43. The number of ether oxygens (including phenoxy) is 2. The Labute approximate surface area is 185 Å². The first-order valence-electron chi connectivity index (χ1n) is 10.3. The third-order valence-corrected chi connectivity index (χ3v) is 5.93. The number of aryl methyl sites for hydroxylation is 1. The second-order valence-corrected chi connectivity index (χ2v) is 8.11. The standard InChI is InChI=1S/C24H24FN5O2/c1-16-12-29(14-27-16)20-9-4-17(10-21(20)31-3)11-22-28-23-26-13-24(2,30(23)15-32-22)18-5-7-19(25)8-6-18/h4-12,14H,13,15H2,1-3H3,(H,26,28)/b22-11+. The summed E-state index contributed by atoms with van der Waals surface area (Å²) in [6, 6.07) is 12.5. The molecular weight excluding hydrogens is 409 g/mol. The van der Waals surface area contributed by atoms with Crippen LogP contribution in [0.4, 0.5) is 4.39 Å². The second-order valence-electron chi connectivity index (χ2n) is 8.11. The van der Waals surface area contributed by atoms with Crippen LogP contribution < -0.4 is 10.1 Å². The van der Waals surface area contributed by atoms with Gasteiger partial charge in [-0.2, -0.15) is 0 Å². The number of hydrogen-bond acceptors (Lipinski definition) is 6. The van der Waals surface area contributed by atoms with Crippen molar-refractivity contribution in [2.75, 3.05) is 20.4 Å². The van der Waals surface area contributed by atoms with Crippen LogP contribution in [0.1, 0.15) is 23.7 Å². The third kappa shape index (κ3) is 3.47. The van der Waals surface area contributed by atoms with Gasteiger partial charge in [-0.25, -0.2) is 14.4 Å². The molecule has 1 N–H and O–H groups in total. The van der Waals surface area contributed by atoms with Crippen molar-refractivity contribution in [3.05, 3.63) is 83.5 Å². The van der Waals surface area contributed by atoms with E-state index < -0.39 is 5.54 Å². The Hall–Kier alpha value is -3.81. The fourth-order valence-electron chi connectivity index (χ4n) is 4.06. The van der Waals surface area contributed by atoms with Crippen molar-refractivity contribution in [2.24, 2.45) is 4.99 Å². The normalized spacial score (nSPS) is 21.1. The van der Waals surface area contributed by atoms with Crippen molar-refractivity contribution in [3.63, 3.8) is 0 Å². The van der Waals surface area contributed by atoms with Crippen LogP contribution in [-0.4, -0.2) is 40.8 Å². The molecule has 1 aromatic heterocycles. The Morgan fingerprint density at radius 2 is 2.03 bits per heavy atom. The van der Waals surface area contributed by atoms with Crippen molar-refractivity contribution in [1.29, 1.82) is 0 Å². The maximum atomic E-state index is 13.4. The number of nitrogens with zero attached hydrogens (tertiary/aromatic N) is 4. The Morgan fingerprint density at radius 3 is 2.75 bits per heavy atom. The van der Waals surface area contributed by atoms with Crippen molar-refractivity contribution < 1.29 is 13.9 Å². The van der Waals surface area contributed by atoms with Gasteiger partial charge in [0.15, 0.2) is 12.6 Å². The van der Waals surface area contributed by atoms with E-state index in [1.807, 2.05) is 42.0 Å². The van der Waals surface area contributed by atoms with Crippen molar-refractivity contribution in [3.8, 4) is 11.4 Å². The molecule has 0 bridgehead atoms. The first-order valence-corrected chi connectivity index (χ1v) is 10.3. The second kappa shape index (κ2) is 7.71. The summed E-state index contributed by atoms with van der Waals surface area (Å²) in [6.07, 6.45) is 5.63. The minimum absolute atomic E-state index is 0.251. The average molecular weight is 433 g/mol. The molecule has 164 valence electrons. The zero-order valence-corrected chi connectivity index (χ0v) is 18.2. The first kappa shape index (κ1) is 20.1. The number of rotatable bonds is 4. The van der Waals surface area contributed by atoms with Crippen LogP contribution in [0, 0.1) is 12.7 Å². The minimum Gasteiger partial charge on any atom is -0.495 e. The van der Waals surface area contributed by atoms with Gasteiger partial charge in [0.1, 0.15) is 11.6 Å². The molecule has 1 fully saturated rings. The summed E-state index contributed by atoms with van der Waals surface area (Å²) in [4.78, 5) is 11.0. The molecule has 0 aliphatic carbocycles. The summed E-state index contributed by atoms with van der Waals surface area (Å²) in [5, 5.41) is 3.27. The number of halogens is 1. The number of aliphatic imine (C=N–C) groups is 1. The maximum Gasteiger partial charge on any atom is 0.204 e. The SMILES string of the molecule is COc1cc(/C=C2\NC3=NCC(C)(c4ccc(F)cc4)N3CO2)ccc1-n1cnc(C)c1. The van der Waals surface area contributed by atoms with E-state index in [1.165, 1.54) is 12.1 Å². The van der Waals surface area contributed by atoms with Crippen LogP contribution >= 0.6 is 0 Å². The Bertz CT molecular complexity index is 1220. The van der Waals surface area contributed by atoms with Crippen LogP contribution in [-0.2, 0) is 10.3 Å². The lowest BCUT2D eigenvalue weighted by atomic mass is 9.91. The number of imidazole rings is 1. The summed E-state index contributed by atoms with van der Waals surface area (Å²) < 4.78 is 26.9. The lowest BCUT2D eigenvalue weighted by Crippen LogP contribution is -2.53. The molecule has 5 rings (SSSR count). The van der Waals surface area contributed by atoms with Gasteiger partial charge in [-0.3, -0.25) is 10.2 Å². The van der Waals surface area contributed by atoms with Gasteiger partial charge in [0.25, 0.3) is 0 Å². The van der Waals surface area contributed by atoms with Crippen molar-refractivity contribution in [2.45, 2.75) is 19.4 Å². The largest absolute Gasteiger partial charge is 0.495 e. The van der Waals surface area contributed by atoms with Crippen LogP contribution in [0.25, 0.3) is 11.8 Å². The quantitative estimate of drug-likeness (QED) is 0.678. The number of hydrogen-bond donors (Lipinski definition) is 1. The van der Waals surface area contributed by atoms with E-state index in [9.17, 15) is 4.39 Å². The molecule has 1 atom stereocenters. The molecule has 1 unspecified atom stereocenters. The minimum atomic E-state index is -0.393. The monoisotopic (exact) mass is 433 g/mol. The highest BCUT2D eigenvalue weighted by Crippen LogP contribution is 2.35. The molecule has 2 aliphatic heterocycles. The predicted octanol–water partition coefficient (Wildman–Crippen LogP) is 3.79. The summed E-state index contributed by atoms with van der Waals surface area (Å²) in [7, 11) is 1.65. The summed E-state index contributed by atoms with van der Waals surface area (Å²) in [5.74, 6) is 1.83. The lowest BCUT2D eigenvalue weighted by Gasteiger charge is -2.40. The zero-order valence-electron chi connectivity index (χ0n) is 18.2. The Morgan fingerprint density at radius 1 is 1.22 bits per heavy atom. The molecule has 3 heterocycles. The van der Waals surface area contributed by atoms with Gasteiger partial charge in [0, 0.05) is 12.3 Å². The van der Waals surface area contributed by atoms with Gasteiger partial charge >= 0.3 is 0 Å². The molecule has 2 aliphatic rings. The first-order chi connectivity index (χ1) is 15.5. The number of guanidine groups is 1. The van der Waals surface area contributed by atoms with Crippen LogP contribution in [0.15, 0.2) is 65.9 Å². The van der Waals surface area contributed by atoms with Crippen LogP contribution in [0.2, 0.25) is 0 Å². The molecule has 8 heteroatoms. The molecule has 1 saturated heterocycles. The smallest absolute Gasteiger partial charge is 0.204 e. The van der Waals surface area contributed by atoms with E-state index in [-0.39, 0.29) is 5.82 Å². The van der Waals surface area contributed by atoms with Gasteiger partial charge in [-0.1, -0.05) is 18.2 Å². The fraction of sp³-hybridized carbons (Fsp3) is 0.250. The van der Waals surface area contributed by atoms with Gasteiger partial charge in [-0.05, 0) is 49.2 Å². The summed E-state index contributed by atoms with van der Waals surface area (Å²) in [5.41, 5.74) is 3.38. The molecule has 0 radical (unpaired) electrons. The van der Waals surface area contributed by atoms with E-state index in [4.69, 9.17) is 9.47 Å². The lowest BCUT2D eigenvalue weighted by molar-refractivity contribution is 0.0399. The van der Waals surface area contributed by atoms with E-state index in [2.05, 4.69) is 27.1 Å². The molecule has 0 amide bonds. The third-order valence-electron chi connectivity index (χ3n) is 5.93. The number of nitrogens with one attached hydrogen (secondary N) is 1. The summed E-state index contributed by atoms with van der Waals surface area (Å²) in [6.45, 7) is 4.93. The fourth-order valence-corrected chi connectivity index (χ4v) is 4.06. The molecule has 2 aromatic carbocycles. The molecular formula is C24H24FN5O2. The van der Waals surface area contributed by atoms with E-state index in [1.54, 1.807) is 25.6 Å². The van der Waals surface area contributed by atoms with Crippen LogP contribution in [0.3, 0.4) is 0 Å². The topological polar surface area (TPSA) is 63.9 Å². The van der Waals surface area contributed by atoms with Gasteiger partial charge in [0.2, 0.25) is 5.96 Å². The van der Waals surface area contributed by atoms with E-state index in [0.29, 0.717) is 19.2 Å². The average Bonchev–Trinajstić information content (AvgIpc) is 3.38. The number of aromatic nitrogens is 2. The number of methoxy groups -OCH3 is 1. The van der Waals surface area contributed by atoms with Gasteiger partial charge in [0.05, 0.1) is 36.9 Å². The van der Waals surface area contributed by atoms with Gasteiger partial charge < -0.3 is 14.0 Å².